The molecule has 2 aromatic rings. The summed E-state index contributed by atoms with van der Waals surface area (Å²) in [5.41, 5.74) is 0.431. The highest BCUT2D eigenvalue weighted by Crippen LogP contribution is 2.60. The SMILES string of the molecule is O=C1[C@@H]2[C@H]3C[C@@H]([C@@H](Br)[C@H]3Br)[C@H]2C(=O)N1c1ccc(OS(=O)(=O)c2ccccc2)cc1. The Morgan fingerprint density at radius 2 is 1.37 bits per heavy atom. The molecule has 9 heteroatoms. The van der Waals surface area contributed by atoms with Crippen LogP contribution in [0.3, 0.4) is 0 Å². The van der Waals surface area contributed by atoms with Gasteiger partial charge in [-0.05, 0) is 54.7 Å². The minimum absolute atomic E-state index is 0.0518. The molecule has 0 radical (unpaired) electrons. The predicted octanol–water partition coefficient (Wildman–Crippen LogP) is 3.74. The van der Waals surface area contributed by atoms with Crippen molar-refractivity contribution in [3.8, 4) is 5.75 Å². The van der Waals surface area contributed by atoms with E-state index in [-0.39, 0.29) is 55.8 Å². The zero-order chi connectivity index (χ0) is 21.2. The van der Waals surface area contributed by atoms with E-state index in [2.05, 4.69) is 31.9 Å². The van der Waals surface area contributed by atoms with Gasteiger partial charge in [0.25, 0.3) is 0 Å². The number of imide groups is 1. The molecule has 6 atom stereocenters. The van der Waals surface area contributed by atoms with Gasteiger partial charge in [-0.25, -0.2) is 0 Å². The number of anilines is 1. The van der Waals surface area contributed by atoms with Crippen LogP contribution in [0.15, 0.2) is 59.5 Å². The summed E-state index contributed by atoms with van der Waals surface area (Å²) in [6.07, 6.45) is 0.872. The summed E-state index contributed by atoms with van der Waals surface area (Å²) in [5, 5.41) is 0. The van der Waals surface area contributed by atoms with E-state index < -0.39 is 10.1 Å². The first-order valence-electron chi connectivity index (χ1n) is 9.55. The lowest BCUT2D eigenvalue weighted by molar-refractivity contribution is -0.123. The summed E-state index contributed by atoms with van der Waals surface area (Å²) in [6, 6.07) is 13.9. The number of halogens is 2. The standard InChI is InChI=1S/C21H17Br2NO5S/c22-18-14-10-15(19(18)23)17-16(14)20(25)24(21(17)26)11-6-8-12(9-7-11)29-30(27,28)13-4-2-1-3-5-13/h1-9,14-19H,10H2/t14-,15-,16-,17-,18-,19+/m1/s1. The molecule has 1 saturated heterocycles. The van der Waals surface area contributed by atoms with Gasteiger partial charge in [0.15, 0.2) is 0 Å². The maximum Gasteiger partial charge on any atom is 0.339 e. The Morgan fingerprint density at radius 3 is 1.90 bits per heavy atom. The highest BCUT2D eigenvalue weighted by Gasteiger charge is 2.66. The van der Waals surface area contributed by atoms with E-state index in [1.165, 1.54) is 29.2 Å². The minimum atomic E-state index is -3.96. The number of fused-ring (bicyclic) bond motifs is 5. The second-order valence-corrected chi connectivity index (χ2v) is 11.5. The summed E-state index contributed by atoms with van der Waals surface area (Å²) in [5.74, 6) is -0.541. The lowest BCUT2D eigenvalue weighted by atomic mass is 9.81. The summed E-state index contributed by atoms with van der Waals surface area (Å²) < 4.78 is 29.9. The van der Waals surface area contributed by atoms with Crippen LogP contribution < -0.4 is 9.08 Å². The van der Waals surface area contributed by atoms with Gasteiger partial charge in [0.2, 0.25) is 11.8 Å². The van der Waals surface area contributed by atoms with Crippen LogP contribution in [0, 0.1) is 23.7 Å². The largest absolute Gasteiger partial charge is 0.379 e. The van der Waals surface area contributed by atoms with Crippen molar-refractivity contribution in [2.75, 3.05) is 4.90 Å². The van der Waals surface area contributed by atoms with Gasteiger partial charge in [-0.3, -0.25) is 14.5 Å². The topological polar surface area (TPSA) is 80.8 Å². The Morgan fingerprint density at radius 1 is 0.833 bits per heavy atom. The maximum atomic E-state index is 13.1. The van der Waals surface area contributed by atoms with E-state index in [0.29, 0.717) is 5.69 Å². The van der Waals surface area contributed by atoms with Crippen molar-refractivity contribution >= 4 is 59.5 Å². The van der Waals surface area contributed by atoms with Crippen LogP contribution in [-0.4, -0.2) is 29.9 Å². The van der Waals surface area contributed by atoms with E-state index in [4.69, 9.17) is 4.18 Å². The quantitative estimate of drug-likeness (QED) is 0.327. The fourth-order valence-electron chi connectivity index (χ4n) is 5.02. The van der Waals surface area contributed by atoms with E-state index >= 15 is 0 Å². The number of rotatable bonds is 4. The van der Waals surface area contributed by atoms with Gasteiger partial charge in [0, 0.05) is 9.65 Å². The average Bonchev–Trinajstić information content (AvgIpc) is 3.34. The van der Waals surface area contributed by atoms with E-state index in [0.717, 1.165) is 6.42 Å². The molecular formula is C21H17Br2NO5S. The molecule has 0 spiro atoms. The molecule has 2 saturated carbocycles. The van der Waals surface area contributed by atoms with Gasteiger partial charge in [-0.1, -0.05) is 50.1 Å². The van der Waals surface area contributed by atoms with Crippen LogP contribution in [0.4, 0.5) is 5.69 Å². The fourth-order valence-corrected chi connectivity index (χ4v) is 7.84. The van der Waals surface area contributed by atoms with Crippen molar-refractivity contribution in [2.24, 2.45) is 23.7 Å². The predicted molar refractivity (Wildman–Crippen MR) is 117 cm³/mol. The molecule has 3 fully saturated rings. The summed E-state index contributed by atoms with van der Waals surface area (Å²) in [7, 11) is -3.96. The number of benzene rings is 2. The lowest BCUT2D eigenvalue weighted by Crippen LogP contribution is -2.37. The Hall–Kier alpha value is -1.71. The lowest BCUT2D eigenvalue weighted by Gasteiger charge is -2.28. The number of alkyl halides is 2. The third-order valence-electron chi connectivity index (χ3n) is 6.32. The van der Waals surface area contributed by atoms with Crippen LogP contribution in [0.1, 0.15) is 6.42 Å². The minimum Gasteiger partial charge on any atom is -0.379 e. The van der Waals surface area contributed by atoms with Crippen LogP contribution in [0.25, 0.3) is 0 Å². The van der Waals surface area contributed by atoms with Gasteiger partial charge in [0.05, 0.1) is 17.5 Å². The van der Waals surface area contributed by atoms with Gasteiger partial charge in [0.1, 0.15) is 10.6 Å². The molecule has 3 aliphatic rings. The normalized spacial score (nSPS) is 32.5. The Kier molecular flexibility index (Phi) is 4.83. The van der Waals surface area contributed by atoms with Gasteiger partial charge in [-0.15, -0.1) is 0 Å². The first kappa shape index (κ1) is 20.2. The summed E-state index contributed by atoms with van der Waals surface area (Å²) >= 11 is 7.35. The fraction of sp³-hybridized carbons (Fsp3) is 0.333. The Balaban J connectivity index is 1.38. The van der Waals surface area contributed by atoms with Crippen molar-refractivity contribution < 1.29 is 22.2 Å². The van der Waals surface area contributed by atoms with Crippen molar-refractivity contribution in [3.05, 3.63) is 54.6 Å². The zero-order valence-electron chi connectivity index (χ0n) is 15.5. The molecule has 0 unspecified atom stereocenters. The van der Waals surface area contributed by atoms with Gasteiger partial charge < -0.3 is 4.18 Å². The average molecular weight is 555 g/mol. The third kappa shape index (κ3) is 2.97. The van der Waals surface area contributed by atoms with Gasteiger partial charge in [-0.2, -0.15) is 8.42 Å². The molecule has 2 aliphatic carbocycles. The monoisotopic (exact) mass is 553 g/mol. The molecular weight excluding hydrogens is 538 g/mol. The third-order valence-corrected chi connectivity index (χ3v) is 10.8. The highest BCUT2D eigenvalue weighted by molar-refractivity contribution is 9.12. The molecule has 1 aliphatic heterocycles. The van der Waals surface area contributed by atoms with E-state index in [1.807, 2.05) is 0 Å². The van der Waals surface area contributed by atoms with Crippen LogP contribution in [-0.2, 0) is 19.7 Å². The molecule has 2 aromatic carbocycles. The molecule has 0 aromatic heterocycles. The number of hydrogen-bond donors (Lipinski definition) is 0. The van der Waals surface area contributed by atoms with Gasteiger partial charge >= 0.3 is 10.1 Å². The van der Waals surface area contributed by atoms with E-state index in [9.17, 15) is 18.0 Å². The highest BCUT2D eigenvalue weighted by atomic mass is 79.9. The van der Waals surface area contributed by atoms with E-state index in [1.54, 1.807) is 30.3 Å². The molecule has 2 bridgehead atoms. The zero-order valence-corrected chi connectivity index (χ0v) is 19.5. The molecule has 156 valence electrons. The molecule has 5 rings (SSSR count). The smallest absolute Gasteiger partial charge is 0.339 e. The Bertz CT molecular complexity index is 1090. The van der Waals surface area contributed by atoms with Crippen molar-refractivity contribution in [3.63, 3.8) is 0 Å². The second-order valence-electron chi connectivity index (χ2n) is 7.86. The number of amides is 2. The molecule has 0 N–H and O–H groups in total. The number of carbonyl (C=O) groups excluding carboxylic acids is 2. The second kappa shape index (κ2) is 7.17. The van der Waals surface area contributed by atoms with Crippen molar-refractivity contribution in [1.82, 2.24) is 0 Å². The first-order chi connectivity index (χ1) is 14.3. The van der Waals surface area contributed by atoms with Crippen LogP contribution >= 0.6 is 31.9 Å². The van der Waals surface area contributed by atoms with Crippen LogP contribution in [0.2, 0.25) is 0 Å². The number of hydrogen-bond acceptors (Lipinski definition) is 5. The first-order valence-corrected chi connectivity index (χ1v) is 12.8. The maximum absolute atomic E-state index is 13.1. The molecule has 30 heavy (non-hydrogen) atoms. The van der Waals surface area contributed by atoms with Crippen LogP contribution in [0.5, 0.6) is 5.75 Å². The Labute approximate surface area is 191 Å². The summed E-state index contributed by atoms with van der Waals surface area (Å²) in [6.45, 7) is 0. The number of nitrogens with zero attached hydrogens (tertiary/aromatic N) is 1. The van der Waals surface area contributed by atoms with Crippen molar-refractivity contribution in [1.29, 1.82) is 0 Å². The summed E-state index contributed by atoms with van der Waals surface area (Å²) in [4.78, 5) is 27.8. The molecule has 1 heterocycles. The number of carbonyl (C=O) groups is 2. The molecule has 2 amide bonds. The molecule has 6 nitrogen and oxygen atoms in total. The van der Waals surface area contributed by atoms with Crippen molar-refractivity contribution in [2.45, 2.75) is 21.0 Å².